The van der Waals surface area contributed by atoms with E-state index >= 15 is 0 Å². The van der Waals surface area contributed by atoms with Crippen LogP contribution in [0.2, 0.25) is 0 Å². The zero-order valence-corrected chi connectivity index (χ0v) is 11.0. The fraction of sp³-hybridized carbons (Fsp3) is 0.333. The van der Waals surface area contributed by atoms with Crippen LogP contribution >= 0.6 is 0 Å². The summed E-state index contributed by atoms with van der Waals surface area (Å²) in [4.78, 5) is 0. The number of aliphatic hydroxyl groups is 1. The molecule has 3 atom stereocenters. The molecule has 0 saturated carbocycles. The molecule has 4 heteroatoms. The van der Waals surface area contributed by atoms with Gasteiger partial charge in [0.1, 0.15) is 11.6 Å². The number of halogens is 1. The third kappa shape index (κ3) is 3.43. The maximum atomic E-state index is 12.8. The molecule has 2 N–H and O–H groups in total. The van der Waals surface area contributed by atoms with Crippen molar-refractivity contribution in [2.45, 2.75) is 32.0 Å². The van der Waals surface area contributed by atoms with Crippen molar-refractivity contribution in [1.29, 1.82) is 0 Å². The van der Waals surface area contributed by atoms with Crippen LogP contribution in [0, 0.1) is 5.82 Å². The van der Waals surface area contributed by atoms with Crippen molar-refractivity contribution in [3.8, 4) is 0 Å². The third-order valence-electron chi connectivity index (χ3n) is 3.17. The van der Waals surface area contributed by atoms with Gasteiger partial charge in [-0.1, -0.05) is 12.1 Å². The highest BCUT2D eigenvalue weighted by Crippen LogP contribution is 2.20. The van der Waals surface area contributed by atoms with Gasteiger partial charge in [-0.05, 0) is 43.7 Å². The van der Waals surface area contributed by atoms with E-state index in [0.29, 0.717) is 5.56 Å². The van der Waals surface area contributed by atoms with Gasteiger partial charge in [-0.25, -0.2) is 4.39 Å². The first-order valence-corrected chi connectivity index (χ1v) is 6.31. The van der Waals surface area contributed by atoms with Gasteiger partial charge >= 0.3 is 0 Å². The van der Waals surface area contributed by atoms with Crippen LogP contribution < -0.4 is 5.32 Å². The van der Waals surface area contributed by atoms with E-state index in [1.165, 1.54) is 12.1 Å². The lowest BCUT2D eigenvalue weighted by molar-refractivity contribution is 0.128. The zero-order valence-electron chi connectivity index (χ0n) is 11.0. The van der Waals surface area contributed by atoms with Crippen LogP contribution in [0.1, 0.15) is 37.3 Å². The molecule has 0 bridgehead atoms. The van der Waals surface area contributed by atoms with E-state index in [4.69, 9.17) is 4.42 Å². The van der Waals surface area contributed by atoms with Crippen LogP contribution in [-0.4, -0.2) is 11.1 Å². The van der Waals surface area contributed by atoms with Crippen LogP contribution in [0.25, 0.3) is 0 Å². The Balaban J connectivity index is 1.99. The van der Waals surface area contributed by atoms with Crippen LogP contribution in [-0.2, 0) is 0 Å². The first-order chi connectivity index (χ1) is 9.08. The summed E-state index contributed by atoms with van der Waals surface area (Å²) in [5, 5.41) is 13.5. The van der Waals surface area contributed by atoms with E-state index in [2.05, 4.69) is 5.32 Å². The molecule has 0 fully saturated rings. The van der Waals surface area contributed by atoms with Gasteiger partial charge in [-0.15, -0.1) is 0 Å². The van der Waals surface area contributed by atoms with Crippen molar-refractivity contribution in [3.05, 3.63) is 59.8 Å². The molecule has 2 rings (SSSR count). The first-order valence-electron chi connectivity index (χ1n) is 6.31. The second-order valence-electron chi connectivity index (χ2n) is 4.69. The summed E-state index contributed by atoms with van der Waals surface area (Å²) in [5.74, 6) is 0.513. The summed E-state index contributed by atoms with van der Waals surface area (Å²) >= 11 is 0. The highest BCUT2D eigenvalue weighted by atomic mass is 19.1. The Labute approximate surface area is 112 Å². The number of hydrogen-bond donors (Lipinski definition) is 2. The van der Waals surface area contributed by atoms with Gasteiger partial charge in [-0.3, -0.25) is 0 Å². The van der Waals surface area contributed by atoms with Crippen LogP contribution in [0.4, 0.5) is 4.39 Å². The highest BCUT2D eigenvalue weighted by Gasteiger charge is 2.19. The predicted molar refractivity (Wildman–Crippen MR) is 71.1 cm³/mol. The minimum Gasteiger partial charge on any atom is -0.468 e. The van der Waals surface area contributed by atoms with Gasteiger partial charge in [0, 0.05) is 6.04 Å². The van der Waals surface area contributed by atoms with Crippen molar-refractivity contribution in [2.75, 3.05) is 0 Å². The molecule has 0 radical (unpaired) electrons. The maximum Gasteiger partial charge on any atom is 0.123 e. The number of benzene rings is 1. The van der Waals surface area contributed by atoms with Gasteiger partial charge in [0.15, 0.2) is 0 Å². The summed E-state index contributed by atoms with van der Waals surface area (Å²) in [6.07, 6.45) is 0.923. The largest absolute Gasteiger partial charge is 0.468 e. The lowest BCUT2D eigenvalue weighted by Gasteiger charge is -2.23. The summed E-state index contributed by atoms with van der Waals surface area (Å²) in [7, 11) is 0. The summed E-state index contributed by atoms with van der Waals surface area (Å²) in [5.41, 5.74) is 0.688. The molecule has 1 heterocycles. The lowest BCUT2D eigenvalue weighted by Crippen LogP contribution is -2.34. The number of furan rings is 1. The standard InChI is InChI=1S/C15H18FNO2/c1-10(14-4-3-9-19-14)17-11(2)15(18)12-5-7-13(16)8-6-12/h3-11,15,17-18H,1-2H3. The highest BCUT2D eigenvalue weighted by molar-refractivity contribution is 5.20. The second kappa shape index (κ2) is 5.99. The molecule has 0 spiro atoms. The van der Waals surface area contributed by atoms with Gasteiger partial charge in [0.05, 0.1) is 18.4 Å². The second-order valence-corrected chi connectivity index (χ2v) is 4.69. The zero-order chi connectivity index (χ0) is 13.8. The number of nitrogens with one attached hydrogen (secondary N) is 1. The molecule has 0 aliphatic rings. The van der Waals surface area contributed by atoms with E-state index in [1.807, 2.05) is 26.0 Å². The maximum absolute atomic E-state index is 12.8. The molecular formula is C15H18FNO2. The molecule has 1 aromatic carbocycles. The van der Waals surface area contributed by atoms with E-state index < -0.39 is 6.10 Å². The van der Waals surface area contributed by atoms with Gasteiger partial charge in [0.2, 0.25) is 0 Å². The summed E-state index contributed by atoms with van der Waals surface area (Å²) in [6.45, 7) is 3.85. The van der Waals surface area contributed by atoms with Crippen molar-refractivity contribution >= 4 is 0 Å². The quantitative estimate of drug-likeness (QED) is 0.870. The normalized spacial score (nSPS) is 16.0. The Hall–Kier alpha value is -1.65. The molecular weight excluding hydrogens is 245 g/mol. The van der Waals surface area contributed by atoms with E-state index in [-0.39, 0.29) is 17.9 Å². The Morgan fingerprint density at radius 3 is 2.42 bits per heavy atom. The SMILES string of the molecule is CC(NC(C)C(O)c1ccc(F)cc1)c1ccco1. The molecule has 19 heavy (non-hydrogen) atoms. The molecule has 2 aromatic rings. The smallest absolute Gasteiger partial charge is 0.123 e. The summed E-state index contributed by atoms with van der Waals surface area (Å²) < 4.78 is 18.1. The van der Waals surface area contributed by atoms with E-state index in [0.717, 1.165) is 5.76 Å². The number of rotatable bonds is 5. The summed E-state index contributed by atoms with van der Waals surface area (Å²) in [6, 6.07) is 9.42. The Kier molecular flexibility index (Phi) is 4.35. The molecule has 0 aliphatic carbocycles. The monoisotopic (exact) mass is 263 g/mol. The Morgan fingerprint density at radius 1 is 1.16 bits per heavy atom. The minimum absolute atomic E-state index is 0.0000911. The van der Waals surface area contributed by atoms with Crippen molar-refractivity contribution < 1.29 is 13.9 Å². The van der Waals surface area contributed by atoms with Gasteiger partial charge in [0.25, 0.3) is 0 Å². The predicted octanol–water partition coefficient (Wildman–Crippen LogP) is 3.19. The fourth-order valence-corrected chi connectivity index (χ4v) is 2.05. The molecule has 102 valence electrons. The molecule has 0 aliphatic heterocycles. The van der Waals surface area contributed by atoms with Crippen LogP contribution in [0.3, 0.4) is 0 Å². The van der Waals surface area contributed by atoms with Crippen molar-refractivity contribution in [1.82, 2.24) is 5.32 Å². The number of hydrogen-bond acceptors (Lipinski definition) is 3. The van der Waals surface area contributed by atoms with Crippen LogP contribution in [0.15, 0.2) is 47.1 Å². The Bertz CT molecular complexity index is 495. The van der Waals surface area contributed by atoms with Crippen LogP contribution in [0.5, 0.6) is 0 Å². The average molecular weight is 263 g/mol. The third-order valence-corrected chi connectivity index (χ3v) is 3.17. The van der Waals surface area contributed by atoms with Crippen molar-refractivity contribution in [2.24, 2.45) is 0 Å². The molecule has 3 unspecified atom stereocenters. The lowest BCUT2D eigenvalue weighted by atomic mass is 10.0. The van der Waals surface area contributed by atoms with Gasteiger partial charge in [-0.2, -0.15) is 0 Å². The topological polar surface area (TPSA) is 45.4 Å². The first kappa shape index (κ1) is 13.8. The average Bonchev–Trinajstić information content (AvgIpc) is 2.92. The van der Waals surface area contributed by atoms with E-state index in [1.54, 1.807) is 18.4 Å². The molecule has 3 nitrogen and oxygen atoms in total. The molecule has 1 aromatic heterocycles. The number of aliphatic hydroxyl groups excluding tert-OH is 1. The van der Waals surface area contributed by atoms with E-state index in [9.17, 15) is 9.50 Å². The minimum atomic E-state index is -0.696. The van der Waals surface area contributed by atoms with Crippen molar-refractivity contribution in [3.63, 3.8) is 0 Å². The molecule has 0 saturated heterocycles. The fourth-order valence-electron chi connectivity index (χ4n) is 2.05. The van der Waals surface area contributed by atoms with Gasteiger partial charge < -0.3 is 14.8 Å². The molecule has 0 amide bonds. The Morgan fingerprint density at radius 2 is 1.84 bits per heavy atom.